The number of H-pyrrole nitrogens is 1. The number of aromatic nitrogens is 4. The molecule has 0 fully saturated rings. The van der Waals surface area contributed by atoms with Crippen LogP contribution in [0.15, 0.2) is 53.7 Å². The van der Waals surface area contributed by atoms with Gasteiger partial charge in [-0.25, -0.2) is 13.1 Å². The minimum Gasteiger partial charge on any atom is -0.280 e. The van der Waals surface area contributed by atoms with Crippen LogP contribution < -0.4 is 4.72 Å². The normalized spacial score (nSPS) is 11.8. The van der Waals surface area contributed by atoms with Gasteiger partial charge >= 0.3 is 0 Å². The average molecular weight is 331 g/mol. The maximum absolute atomic E-state index is 12.4. The minimum atomic E-state index is -3.73. The van der Waals surface area contributed by atoms with Crippen molar-refractivity contribution in [2.45, 2.75) is 24.7 Å². The number of hydrogen-bond acceptors (Lipinski definition) is 4. The second-order valence-corrected chi connectivity index (χ2v) is 7.11. The molecule has 0 radical (unpaired) electrons. The number of benzene rings is 1. The van der Waals surface area contributed by atoms with Crippen LogP contribution in [0.25, 0.3) is 5.69 Å². The summed E-state index contributed by atoms with van der Waals surface area (Å²) in [6.45, 7) is 3.99. The molecule has 2 aromatic heterocycles. The molecule has 2 heterocycles. The molecule has 0 aliphatic carbocycles. The van der Waals surface area contributed by atoms with Crippen molar-refractivity contribution in [2.24, 2.45) is 0 Å². The Morgan fingerprint density at radius 2 is 1.96 bits per heavy atom. The van der Waals surface area contributed by atoms with Crippen LogP contribution in [0.1, 0.15) is 25.5 Å². The maximum Gasteiger partial charge on any atom is 0.266 e. The van der Waals surface area contributed by atoms with Gasteiger partial charge in [-0.15, -0.1) is 0 Å². The topological polar surface area (TPSA) is 92.7 Å². The monoisotopic (exact) mass is 331 g/mol. The van der Waals surface area contributed by atoms with Gasteiger partial charge in [-0.05, 0) is 18.1 Å². The van der Waals surface area contributed by atoms with E-state index in [2.05, 4.69) is 20.0 Å². The Kier molecular flexibility index (Phi) is 3.91. The number of rotatable bonds is 5. The molecule has 1 aromatic carbocycles. The van der Waals surface area contributed by atoms with E-state index in [1.807, 2.05) is 44.2 Å². The molecule has 0 aliphatic rings. The smallest absolute Gasteiger partial charge is 0.266 e. The van der Waals surface area contributed by atoms with E-state index in [9.17, 15) is 8.42 Å². The van der Waals surface area contributed by atoms with E-state index in [-0.39, 0.29) is 16.6 Å². The van der Waals surface area contributed by atoms with Crippen LogP contribution in [0, 0.1) is 0 Å². The molecule has 0 aliphatic heterocycles. The summed E-state index contributed by atoms with van der Waals surface area (Å²) in [5, 5.41) is 10.9. The quantitative estimate of drug-likeness (QED) is 0.751. The Morgan fingerprint density at radius 3 is 2.61 bits per heavy atom. The van der Waals surface area contributed by atoms with Crippen LogP contribution in [0.3, 0.4) is 0 Å². The van der Waals surface area contributed by atoms with E-state index < -0.39 is 10.0 Å². The molecular weight excluding hydrogens is 314 g/mol. The summed E-state index contributed by atoms with van der Waals surface area (Å²) in [6.07, 6.45) is 2.78. The molecule has 0 atom stereocenters. The summed E-state index contributed by atoms with van der Waals surface area (Å²) in [4.78, 5) is 0.0791. The van der Waals surface area contributed by atoms with Gasteiger partial charge in [-0.2, -0.15) is 10.2 Å². The molecule has 0 spiro atoms. The van der Waals surface area contributed by atoms with Crippen molar-refractivity contribution in [1.82, 2.24) is 20.0 Å². The van der Waals surface area contributed by atoms with Gasteiger partial charge in [-0.3, -0.25) is 9.82 Å². The number of sulfonamides is 1. The van der Waals surface area contributed by atoms with Crippen LogP contribution in [-0.2, 0) is 10.0 Å². The highest BCUT2D eigenvalue weighted by atomic mass is 32.2. The number of para-hydroxylation sites is 1. The first-order chi connectivity index (χ1) is 11.0. The van der Waals surface area contributed by atoms with E-state index in [4.69, 9.17) is 0 Å². The molecule has 120 valence electrons. The molecule has 3 aromatic rings. The summed E-state index contributed by atoms with van der Waals surface area (Å²) in [5.41, 5.74) is 1.65. The molecule has 7 nitrogen and oxygen atoms in total. The second kappa shape index (κ2) is 5.88. The molecule has 2 N–H and O–H groups in total. The van der Waals surface area contributed by atoms with E-state index >= 15 is 0 Å². The van der Waals surface area contributed by atoms with Crippen LogP contribution in [0.2, 0.25) is 0 Å². The molecule has 23 heavy (non-hydrogen) atoms. The third kappa shape index (κ3) is 3.26. The Labute approximate surface area is 134 Å². The standard InChI is InChI=1S/C15H17N5O2S/c1-11(2)14-8-15(18-17-14)19-23(21,22)13-9-16-20(10-13)12-6-4-3-5-7-12/h3-11H,1-2H3,(H2,17,18,19). The van der Waals surface area contributed by atoms with Crippen molar-refractivity contribution in [3.63, 3.8) is 0 Å². The zero-order valence-electron chi connectivity index (χ0n) is 12.8. The van der Waals surface area contributed by atoms with Crippen molar-refractivity contribution in [1.29, 1.82) is 0 Å². The van der Waals surface area contributed by atoms with Gasteiger partial charge in [0.2, 0.25) is 0 Å². The van der Waals surface area contributed by atoms with E-state index in [0.717, 1.165) is 11.4 Å². The molecule has 0 bridgehead atoms. The van der Waals surface area contributed by atoms with Gasteiger partial charge in [-0.1, -0.05) is 32.0 Å². The fourth-order valence-electron chi connectivity index (χ4n) is 2.05. The summed E-state index contributed by atoms with van der Waals surface area (Å²) >= 11 is 0. The fraction of sp³-hybridized carbons (Fsp3) is 0.200. The number of aromatic amines is 1. The summed E-state index contributed by atoms with van der Waals surface area (Å²) < 4.78 is 28.8. The van der Waals surface area contributed by atoms with Crippen molar-refractivity contribution in [3.8, 4) is 5.69 Å². The highest BCUT2D eigenvalue weighted by Gasteiger charge is 2.19. The van der Waals surface area contributed by atoms with Crippen molar-refractivity contribution >= 4 is 15.8 Å². The number of anilines is 1. The minimum absolute atomic E-state index is 0.0791. The molecule has 0 saturated carbocycles. The zero-order valence-corrected chi connectivity index (χ0v) is 13.6. The molecule has 3 rings (SSSR count). The first-order valence-corrected chi connectivity index (χ1v) is 8.62. The van der Waals surface area contributed by atoms with E-state index in [1.54, 1.807) is 6.07 Å². The number of hydrogen-bond donors (Lipinski definition) is 2. The predicted molar refractivity (Wildman–Crippen MR) is 87.0 cm³/mol. The van der Waals surface area contributed by atoms with Gasteiger partial charge in [0.05, 0.1) is 18.1 Å². The lowest BCUT2D eigenvalue weighted by Gasteiger charge is -2.02. The van der Waals surface area contributed by atoms with Crippen molar-refractivity contribution in [2.75, 3.05) is 4.72 Å². The first-order valence-electron chi connectivity index (χ1n) is 7.14. The van der Waals surface area contributed by atoms with Gasteiger partial charge in [0.15, 0.2) is 5.82 Å². The predicted octanol–water partition coefficient (Wildman–Crippen LogP) is 2.52. The third-order valence-corrected chi connectivity index (χ3v) is 4.66. The summed E-state index contributed by atoms with van der Waals surface area (Å²) in [5.74, 6) is 0.503. The van der Waals surface area contributed by atoms with Gasteiger partial charge in [0, 0.05) is 11.8 Å². The lowest BCUT2D eigenvalue weighted by molar-refractivity contribution is 0.601. The molecule has 0 amide bonds. The molecule has 8 heteroatoms. The third-order valence-electron chi connectivity index (χ3n) is 3.35. The highest BCUT2D eigenvalue weighted by molar-refractivity contribution is 7.92. The molecular formula is C15H17N5O2S. The molecule has 0 saturated heterocycles. The van der Waals surface area contributed by atoms with Crippen LogP contribution in [0.4, 0.5) is 5.82 Å². The zero-order chi connectivity index (χ0) is 16.4. The Morgan fingerprint density at radius 1 is 1.22 bits per heavy atom. The van der Waals surface area contributed by atoms with Gasteiger partial charge in [0.25, 0.3) is 10.0 Å². The summed E-state index contributed by atoms with van der Waals surface area (Å²) in [7, 11) is -3.73. The van der Waals surface area contributed by atoms with E-state index in [1.165, 1.54) is 17.1 Å². The second-order valence-electron chi connectivity index (χ2n) is 5.42. The highest BCUT2D eigenvalue weighted by Crippen LogP contribution is 2.19. The maximum atomic E-state index is 12.4. The lowest BCUT2D eigenvalue weighted by Crippen LogP contribution is -2.12. The summed E-state index contributed by atoms with van der Waals surface area (Å²) in [6, 6.07) is 11.0. The largest absolute Gasteiger partial charge is 0.280 e. The first kappa shape index (κ1) is 15.3. The van der Waals surface area contributed by atoms with Crippen LogP contribution in [-0.4, -0.2) is 28.4 Å². The van der Waals surface area contributed by atoms with Crippen molar-refractivity contribution < 1.29 is 8.42 Å². The van der Waals surface area contributed by atoms with Crippen LogP contribution in [0.5, 0.6) is 0 Å². The van der Waals surface area contributed by atoms with Gasteiger partial charge < -0.3 is 0 Å². The SMILES string of the molecule is CC(C)c1cc(NS(=O)(=O)c2cnn(-c3ccccc3)c2)n[nH]1. The number of nitrogens with one attached hydrogen (secondary N) is 2. The number of nitrogens with zero attached hydrogens (tertiary/aromatic N) is 3. The van der Waals surface area contributed by atoms with Crippen molar-refractivity contribution in [3.05, 3.63) is 54.5 Å². The average Bonchev–Trinajstić information content (AvgIpc) is 3.17. The van der Waals surface area contributed by atoms with Gasteiger partial charge in [0.1, 0.15) is 4.90 Å². The van der Waals surface area contributed by atoms with Crippen LogP contribution >= 0.6 is 0 Å². The fourth-order valence-corrected chi connectivity index (χ4v) is 2.97. The van der Waals surface area contributed by atoms with E-state index in [0.29, 0.717) is 0 Å². The Balaban J connectivity index is 1.84. The lowest BCUT2D eigenvalue weighted by atomic mass is 10.1. The Hall–Kier alpha value is -2.61. The molecule has 0 unspecified atom stereocenters. The Bertz CT molecular complexity index is 897.